The van der Waals surface area contributed by atoms with Crippen LogP contribution >= 0.6 is 0 Å². The molecule has 0 aliphatic carbocycles. The number of benzene rings is 1. The highest BCUT2D eigenvalue weighted by atomic mass is 19.1. The van der Waals surface area contributed by atoms with Crippen molar-refractivity contribution in [3.8, 4) is 0 Å². The van der Waals surface area contributed by atoms with Gasteiger partial charge in [0.25, 0.3) is 5.91 Å². The Morgan fingerprint density at radius 1 is 1.26 bits per heavy atom. The van der Waals surface area contributed by atoms with Gasteiger partial charge in [0.05, 0.1) is 17.4 Å². The minimum Gasteiger partial charge on any atom is -0.326 e. The topological polar surface area (TPSA) is 68.0 Å². The zero-order chi connectivity index (χ0) is 13.8. The predicted octanol–water partition coefficient (Wildman–Crippen LogP) is 2.07. The lowest BCUT2D eigenvalue weighted by Crippen LogP contribution is -2.14. The molecule has 1 aromatic carbocycles. The second-order valence-corrected chi connectivity index (χ2v) is 3.86. The summed E-state index contributed by atoms with van der Waals surface area (Å²) in [5, 5.41) is 2.34. The van der Waals surface area contributed by atoms with Crippen LogP contribution in [0.5, 0.6) is 0 Å². The van der Waals surface area contributed by atoms with E-state index in [4.69, 9.17) is 5.73 Å². The number of nitrogens with zero attached hydrogens (tertiary/aromatic N) is 1. The summed E-state index contributed by atoms with van der Waals surface area (Å²) in [4.78, 5) is 15.3. The van der Waals surface area contributed by atoms with E-state index in [-0.39, 0.29) is 17.8 Å². The van der Waals surface area contributed by atoms with Gasteiger partial charge < -0.3 is 11.1 Å². The van der Waals surface area contributed by atoms with Crippen LogP contribution < -0.4 is 11.1 Å². The Kier molecular flexibility index (Phi) is 3.82. The van der Waals surface area contributed by atoms with Crippen molar-refractivity contribution in [3.05, 3.63) is 59.4 Å². The summed E-state index contributed by atoms with van der Waals surface area (Å²) < 4.78 is 26.5. The molecule has 6 heteroatoms. The van der Waals surface area contributed by atoms with Crippen LogP contribution in [0, 0.1) is 11.6 Å². The molecule has 0 radical (unpaired) electrons. The van der Waals surface area contributed by atoms with Gasteiger partial charge in [-0.3, -0.25) is 9.78 Å². The summed E-state index contributed by atoms with van der Waals surface area (Å²) in [6, 6.07) is 5.26. The highest BCUT2D eigenvalue weighted by Crippen LogP contribution is 2.16. The molecule has 0 fully saturated rings. The highest BCUT2D eigenvalue weighted by molar-refractivity contribution is 6.04. The van der Waals surface area contributed by atoms with Crippen LogP contribution in [-0.2, 0) is 6.54 Å². The molecule has 1 amide bonds. The number of anilines is 1. The minimum absolute atomic E-state index is 0.00598. The van der Waals surface area contributed by atoms with E-state index in [1.54, 1.807) is 6.07 Å². The number of pyridine rings is 1. The van der Waals surface area contributed by atoms with E-state index < -0.39 is 17.5 Å². The fourth-order valence-electron chi connectivity index (χ4n) is 1.52. The number of hydrogen-bond acceptors (Lipinski definition) is 3. The van der Waals surface area contributed by atoms with Gasteiger partial charge in [-0.25, -0.2) is 8.78 Å². The fourth-order valence-corrected chi connectivity index (χ4v) is 1.52. The summed E-state index contributed by atoms with van der Waals surface area (Å²) in [5.74, 6) is -1.86. The lowest BCUT2D eigenvalue weighted by atomic mass is 10.2. The van der Waals surface area contributed by atoms with Crippen molar-refractivity contribution in [3.63, 3.8) is 0 Å². The van der Waals surface area contributed by atoms with Crippen molar-refractivity contribution in [2.24, 2.45) is 5.73 Å². The largest absolute Gasteiger partial charge is 0.326 e. The first-order valence-corrected chi connectivity index (χ1v) is 5.50. The molecule has 0 bridgehead atoms. The Hall–Kier alpha value is -2.34. The van der Waals surface area contributed by atoms with E-state index in [0.29, 0.717) is 5.56 Å². The van der Waals surface area contributed by atoms with Crippen molar-refractivity contribution < 1.29 is 13.6 Å². The van der Waals surface area contributed by atoms with Gasteiger partial charge in [0.2, 0.25) is 0 Å². The summed E-state index contributed by atoms with van der Waals surface area (Å²) in [6.07, 6.45) is 2.18. The molecular weight excluding hydrogens is 252 g/mol. The zero-order valence-electron chi connectivity index (χ0n) is 9.86. The minimum atomic E-state index is -0.633. The number of carbonyl (C=O) groups is 1. The first-order valence-electron chi connectivity index (χ1n) is 5.50. The quantitative estimate of drug-likeness (QED) is 0.890. The molecule has 3 N–H and O–H groups in total. The molecule has 0 unspecified atom stereocenters. The van der Waals surface area contributed by atoms with Crippen molar-refractivity contribution in [2.45, 2.75) is 6.54 Å². The van der Waals surface area contributed by atoms with E-state index in [2.05, 4.69) is 10.3 Å². The summed E-state index contributed by atoms with van der Waals surface area (Å²) in [7, 11) is 0. The Morgan fingerprint density at radius 3 is 2.68 bits per heavy atom. The molecule has 0 saturated heterocycles. The van der Waals surface area contributed by atoms with Crippen LogP contribution in [-0.4, -0.2) is 10.9 Å². The van der Waals surface area contributed by atoms with Gasteiger partial charge in [-0.15, -0.1) is 0 Å². The molecule has 19 heavy (non-hydrogen) atoms. The third-order valence-electron chi connectivity index (χ3n) is 2.48. The second-order valence-electron chi connectivity index (χ2n) is 3.86. The lowest BCUT2D eigenvalue weighted by Gasteiger charge is -2.07. The Balaban J connectivity index is 2.19. The van der Waals surface area contributed by atoms with Crippen molar-refractivity contribution in [2.75, 3.05) is 5.32 Å². The van der Waals surface area contributed by atoms with Crippen LogP contribution in [0.1, 0.15) is 15.9 Å². The number of amides is 1. The van der Waals surface area contributed by atoms with Gasteiger partial charge in [-0.2, -0.15) is 0 Å². The smallest absolute Gasteiger partial charge is 0.257 e. The van der Waals surface area contributed by atoms with Crippen LogP contribution in [0.3, 0.4) is 0 Å². The second kappa shape index (κ2) is 5.53. The molecule has 0 atom stereocenters. The molecule has 1 heterocycles. The number of aromatic nitrogens is 1. The summed E-state index contributed by atoms with van der Waals surface area (Å²) in [6.45, 7) is 0.207. The van der Waals surface area contributed by atoms with E-state index in [1.807, 2.05) is 0 Å². The molecule has 0 aliphatic heterocycles. The average Bonchev–Trinajstić information content (AvgIpc) is 2.41. The van der Waals surface area contributed by atoms with Gasteiger partial charge in [-0.05, 0) is 23.8 Å². The van der Waals surface area contributed by atoms with E-state index >= 15 is 0 Å². The van der Waals surface area contributed by atoms with E-state index in [9.17, 15) is 13.6 Å². The van der Waals surface area contributed by atoms with Crippen LogP contribution in [0.4, 0.5) is 14.5 Å². The van der Waals surface area contributed by atoms with Crippen molar-refractivity contribution in [1.82, 2.24) is 4.98 Å². The number of nitrogens with one attached hydrogen (secondary N) is 1. The molecule has 0 spiro atoms. The molecule has 98 valence electrons. The molecule has 0 aliphatic rings. The van der Waals surface area contributed by atoms with Crippen LogP contribution in [0.25, 0.3) is 0 Å². The number of rotatable bonds is 3. The number of carbonyl (C=O) groups excluding carboxylic acids is 1. The molecular formula is C13H11F2N3O. The Morgan fingerprint density at radius 2 is 2.05 bits per heavy atom. The zero-order valence-corrected chi connectivity index (χ0v) is 9.86. The lowest BCUT2D eigenvalue weighted by molar-refractivity contribution is 0.102. The molecule has 1 aromatic heterocycles. The van der Waals surface area contributed by atoms with E-state index in [1.165, 1.54) is 18.3 Å². The standard InChI is InChI=1S/C13H11F2N3O/c14-10-4-9(6-17-7-10)13(19)18-12-2-1-8(5-16)3-11(12)15/h1-4,6-7H,5,16H2,(H,18,19). The normalized spacial score (nSPS) is 10.3. The fraction of sp³-hybridized carbons (Fsp3) is 0.0769. The van der Waals surface area contributed by atoms with E-state index in [0.717, 1.165) is 12.3 Å². The third kappa shape index (κ3) is 3.11. The molecule has 0 saturated carbocycles. The van der Waals surface area contributed by atoms with Gasteiger partial charge >= 0.3 is 0 Å². The molecule has 2 aromatic rings. The maximum Gasteiger partial charge on any atom is 0.257 e. The van der Waals surface area contributed by atoms with Gasteiger partial charge in [-0.1, -0.05) is 6.07 Å². The Bertz CT molecular complexity index is 617. The number of nitrogens with two attached hydrogens (primary N) is 1. The third-order valence-corrected chi connectivity index (χ3v) is 2.48. The SMILES string of the molecule is NCc1ccc(NC(=O)c2cncc(F)c2)c(F)c1. The van der Waals surface area contributed by atoms with Crippen molar-refractivity contribution in [1.29, 1.82) is 0 Å². The Labute approximate surface area is 108 Å². The van der Waals surface area contributed by atoms with Crippen LogP contribution in [0.15, 0.2) is 36.7 Å². The summed E-state index contributed by atoms with van der Waals surface area (Å²) >= 11 is 0. The van der Waals surface area contributed by atoms with Gasteiger partial charge in [0.15, 0.2) is 0 Å². The maximum atomic E-state index is 13.6. The number of hydrogen-bond donors (Lipinski definition) is 2. The molecule has 4 nitrogen and oxygen atoms in total. The maximum absolute atomic E-state index is 13.6. The average molecular weight is 263 g/mol. The number of halogens is 2. The summed E-state index contributed by atoms with van der Waals surface area (Å²) in [5.41, 5.74) is 6.01. The predicted molar refractivity (Wildman–Crippen MR) is 66.4 cm³/mol. The monoisotopic (exact) mass is 263 g/mol. The van der Waals surface area contributed by atoms with Crippen LogP contribution in [0.2, 0.25) is 0 Å². The van der Waals surface area contributed by atoms with Gasteiger partial charge in [0, 0.05) is 12.7 Å². The molecule has 2 rings (SSSR count). The first-order chi connectivity index (χ1) is 9.10. The first kappa shape index (κ1) is 13.1. The highest BCUT2D eigenvalue weighted by Gasteiger charge is 2.10. The van der Waals surface area contributed by atoms with Crippen molar-refractivity contribution >= 4 is 11.6 Å². The van der Waals surface area contributed by atoms with Gasteiger partial charge in [0.1, 0.15) is 11.6 Å².